The van der Waals surface area contributed by atoms with Gasteiger partial charge in [0.25, 0.3) is 5.91 Å². The number of halogens is 4. The Hall–Kier alpha value is -3.15. The molecular formula is C20H21F4N5O3. The van der Waals surface area contributed by atoms with E-state index in [0.29, 0.717) is 19.3 Å². The molecule has 2 bridgehead atoms. The van der Waals surface area contributed by atoms with Gasteiger partial charge in [0.1, 0.15) is 11.4 Å². The summed E-state index contributed by atoms with van der Waals surface area (Å²) < 4.78 is 65.2. The molecule has 12 heteroatoms. The molecule has 0 unspecified atom stereocenters. The molecule has 4 rings (SSSR count). The van der Waals surface area contributed by atoms with Crippen LogP contribution in [-0.4, -0.2) is 59.7 Å². The Morgan fingerprint density at radius 1 is 1.38 bits per heavy atom. The summed E-state index contributed by atoms with van der Waals surface area (Å²) in [7, 11) is 1.22. The summed E-state index contributed by atoms with van der Waals surface area (Å²) in [5.74, 6) is -2.23. The van der Waals surface area contributed by atoms with Crippen molar-refractivity contribution in [1.29, 1.82) is 0 Å². The van der Waals surface area contributed by atoms with E-state index in [9.17, 15) is 18.0 Å². The number of nitrogens with zero attached hydrogens (tertiary/aromatic N) is 3. The normalized spacial score (nSPS) is 19.9. The number of nitrogens with one attached hydrogen (secondary N) is 2. The van der Waals surface area contributed by atoms with E-state index >= 15 is 4.39 Å². The molecule has 2 aliphatic rings. The Morgan fingerprint density at radius 2 is 2.16 bits per heavy atom. The summed E-state index contributed by atoms with van der Waals surface area (Å²) in [5.41, 5.74) is -1.12. The molecule has 2 fully saturated rings. The zero-order chi connectivity index (χ0) is 23.0. The minimum Gasteiger partial charge on any atom is -0.492 e. The van der Waals surface area contributed by atoms with Crippen LogP contribution in [0.25, 0.3) is 0 Å². The molecule has 8 nitrogen and oxygen atoms in total. The molecule has 3 heterocycles. The van der Waals surface area contributed by atoms with Crippen LogP contribution >= 0.6 is 0 Å². The SMILES string of the molecule is CCNc1nc(Nc2ccc(C(=O)N3C[C@H]4C[C@H]3CO4)c(F)c2OC)ncc1C(F)(F)F. The quantitative estimate of drug-likeness (QED) is 0.646. The van der Waals surface area contributed by atoms with Crippen LogP contribution < -0.4 is 15.4 Å². The third-order valence-electron chi connectivity index (χ3n) is 5.38. The Bertz CT molecular complexity index is 1030. The number of fused-ring (bicyclic) bond motifs is 2. The predicted octanol–water partition coefficient (Wildman–Crippen LogP) is 3.43. The number of ether oxygens (including phenoxy) is 2. The van der Waals surface area contributed by atoms with E-state index < -0.39 is 29.3 Å². The van der Waals surface area contributed by atoms with Gasteiger partial charge in [0.2, 0.25) is 5.95 Å². The van der Waals surface area contributed by atoms with Crippen molar-refractivity contribution < 1.29 is 31.8 Å². The van der Waals surface area contributed by atoms with Gasteiger partial charge < -0.3 is 25.0 Å². The fourth-order valence-electron chi connectivity index (χ4n) is 3.89. The fraction of sp³-hybridized carbons (Fsp3) is 0.450. The minimum absolute atomic E-state index is 0.0300. The number of benzene rings is 1. The molecule has 1 aromatic carbocycles. The highest BCUT2D eigenvalue weighted by Gasteiger charge is 2.42. The maximum Gasteiger partial charge on any atom is 0.421 e. The van der Waals surface area contributed by atoms with Gasteiger partial charge in [-0.3, -0.25) is 4.79 Å². The number of carbonyl (C=O) groups is 1. The lowest BCUT2D eigenvalue weighted by atomic mass is 10.1. The molecule has 2 aliphatic heterocycles. The van der Waals surface area contributed by atoms with Gasteiger partial charge in [0.05, 0.1) is 37.1 Å². The van der Waals surface area contributed by atoms with Gasteiger partial charge in [-0.2, -0.15) is 18.2 Å². The summed E-state index contributed by atoms with van der Waals surface area (Å²) in [6.45, 7) is 2.66. The molecule has 172 valence electrons. The Balaban J connectivity index is 1.61. The van der Waals surface area contributed by atoms with Crippen LogP contribution in [0.5, 0.6) is 5.75 Å². The fourth-order valence-corrected chi connectivity index (χ4v) is 3.89. The van der Waals surface area contributed by atoms with Gasteiger partial charge in [-0.05, 0) is 25.5 Å². The number of alkyl halides is 3. The first-order valence-electron chi connectivity index (χ1n) is 9.97. The standard InChI is InChI=1S/C20H21F4N5O3/c1-3-25-17-13(20(22,23)24)7-26-19(28-17)27-14-5-4-12(15(21)16(14)31-2)18(30)29-8-11-6-10(29)9-32-11/h4-5,7,10-11H,3,6,8-9H2,1-2H3,(H2,25,26,27,28)/t10-,11+/m0/s1. The molecule has 2 atom stereocenters. The van der Waals surface area contributed by atoms with E-state index in [4.69, 9.17) is 9.47 Å². The van der Waals surface area contributed by atoms with Crippen LogP contribution in [0.3, 0.4) is 0 Å². The van der Waals surface area contributed by atoms with Crippen molar-refractivity contribution in [2.24, 2.45) is 0 Å². The molecular weight excluding hydrogens is 434 g/mol. The van der Waals surface area contributed by atoms with Crippen molar-refractivity contribution in [1.82, 2.24) is 14.9 Å². The number of likely N-dealkylation sites (tertiary alicyclic amines) is 1. The number of rotatable bonds is 6. The molecule has 0 radical (unpaired) electrons. The average Bonchev–Trinajstić information content (AvgIpc) is 3.37. The van der Waals surface area contributed by atoms with E-state index in [1.165, 1.54) is 19.2 Å². The van der Waals surface area contributed by atoms with E-state index in [1.54, 1.807) is 11.8 Å². The van der Waals surface area contributed by atoms with Gasteiger partial charge >= 0.3 is 6.18 Å². The maximum absolute atomic E-state index is 15.2. The zero-order valence-corrected chi connectivity index (χ0v) is 17.3. The monoisotopic (exact) mass is 455 g/mol. The van der Waals surface area contributed by atoms with Gasteiger partial charge in [-0.1, -0.05) is 0 Å². The Morgan fingerprint density at radius 3 is 2.75 bits per heavy atom. The average molecular weight is 455 g/mol. The largest absolute Gasteiger partial charge is 0.492 e. The highest BCUT2D eigenvalue weighted by atomic mass is 19.4. The summed E-state index contributed by atoms with van der Waals surface area (Å²) in [6, 6.07) is 2.61. The molecule has 2 N–H and O–H groups in total. The van der Waals surface area contributed by atoms with Gasteiger partial charge in [-0.25, -0.2) is 9.37 Å². The molecule has 2 aromatic rings. The molecule has 32 heavy (non-hydrogen) atoms. The smallest absolute Gasteiger partial charge is 0.421 e. The number of hydrogen-bond donors (Lipinski definition) is 2. The summed E-state index contributed by atoms with van der Waals surface area (Å²) >= 11 is 0. The van der Waals surface area contributed by atoms with Crippen LogP contribution in [0.4, 0.5) is 35.0 Å². The number of methoxy groups -OCH3 is 1. The van der Waals surface area contributed by atoms with Crippen molar-refractivity contribution in [3.05, 3.63) is 35.3 Å². The maximum atomic E-state index is 15.2. The van der Waals surface area contributed by atoms with Crippen LogP contribution in [0.2, 0.25) is 0 Å². The van der Waals surface area contributed by atoms with E-state index in [1.807, 2.05) is 0 Å². The minimum atomic E-state index is -4.64. The van der Waals surface area contributed by atoms with Crippen LogP contribution in [-0.2, 0) is 10.9 Å². The third-order valence-corrected chi connectivity index (χ3v) is 5.38. The number of anilines is 3. The van der Waals surface area contributed by atoms with Crippen LogP contribution in [0.1, 0.15) is 29.3 Å². The van der Waals surface area contributed by atoms with Crippen molar-refractivity contribution >= 4 is 23.4 Å². The Labute approximate surface area is 180 Å². The first-order chi connectivity index (χ1) is 15.2. The molecule has 0 saturated carbocycles. The molecule has 2 saturated heterocycles. The number of amides is 1. The molecule has 0 spiro atoms. The first kappa shape index (κ1) is 22.1. The zero-order valence-electron chi connectivity index (χ0n) is 17.3. The van der Waals surface area contributed by atoms with Crippen molar-refractivity contribution in [3.63, 3.8) is 0 Å². The topological polar surface area (TPSA) is 88.6 Å². The lowest BCUT2D eigenvalue weighted by Crippen LogP contribution is -2.41. The van der Waals surface area contributed by atoms with Crippen molar-refractivity contribution in [2.75, 3.05) is 37.4 Å². The summed E-state index contributed by atoms with van der Waals surface area (Å²) in [5, 5.41) is 5.21. The van der Waals surface area contributed by atoms with Gasteiger partial charge in [0.15, 0.2) is 11.6 Å². The van der Waals surface area contributed by atoms with Crippen LogP contribution in [0, 0.1) is 5.82 Å². The van der Waals surface area contributed by atoms with E-state index in [2.05, 4.69) is 20.6 Å². The van der Waals surface area contributed by atoms with Crippen LogP contribution in [0.15, 0.2) is 18.3 Å². The third kappa shape index (κ3) is 4.01. The first-order valence-corrected chi connectivity index (χ1v) is 9.97. The summed E-state index contributed by atoms with van der Waals surface area (Å²) in [4.78, 5) is 22.0. The number of morpholine rings is 1. The van der Waals surface area contributed by atoms with Crippen molar-refractivity contribution in [3.8, 4) is 5.75 Å². The van der Waals surface area contributed by atoms with E-state index in [0.717, 1.165) is 6.42 Å². The second-order valence-electron chi connectivity index (χ2n) is 7.42. The molecule has 0 aliphatic carbocycles. The lowest BCUT2D eigenvalue weighted by molar-refractivity contribution is -0.137. The Kier molecular flexibility index (Phi) is 5.80. The predicted molar refractivity (Wildman–Crippen MR) is 107 cm³/mol. The second kappa shape index (κ2) is 8.41. The lowest BCUT2D eigenvalue weighted by Gasteiger charge is -2.27. The van der Waals surface area contributed by atoms with E-state index in [-0.39, 0.29) is 41.6 Å². The number of carbonyl (C=O) groups excluding carboxylic acids is 1. The number of aromatic nitrogens is 2. The second-order valence-corrected chi connectivity index (χ2v) is 7.42. The highest BCUT2D eigenvalue weighted by molar-refractivity contribution is 5.96. The number of hydrogen-bond acceptors (Lipinski definition) is 7. The van der Waals surface area contributed by atoms with Gasteiger partial charge in [-0.15, -0.1) is 0 Å². The molecule has 1 aromatic heterocycles. The van der Waals surface area contributed by atoms with Crippen molar-refractivity contribution in [2.45, 2.75) is 31.7 Å². The summed E-state index contributed by atoms with van der Waals surface area (Å²) in [6.07, 6.45) is -3.30. The van der Waals surface area contributed by atoms with Gasteiger partial charge in [0, 0.05) is 19.3 Å². The highest BCUT2D eigenvalue weighted by Crippen LogP contribution is 2.37. The molecule has 1 amide bonds.